The highest BCUT2D eigenvalue weighted by atomic mass is 16.1. The molecule has 0 aliphatic carbocycles. The van der Waals surface area contributed by atoms with Gasteiger partial charge in [0.05, 0.1) is 5.56 Å². The van der Waals surface area contributed by atoms with E-state index in [4.69, 9.17) is 0 Å². The zero-order valence-electron chi connectivity index (χ0n) is 11.8. The number of carbonyl (C=O) groups excluding carboxylic acids is 1. The van der Waals surface area contributed by atoms with Gasteiger partial charge >= 0.3 is 0 Å². The van der Waals surface area contributed by atoms with Crippen LogP contribution in [0.1, 0.15) is 28.5 Å². The van der Waals surface area contributed by atoms with Crippen LogP contribution < -0.4 is 10.6 Å². The molecule has 1 amide bonds. The normalized spacial score (nSPS) is 10.3. The van der Waals surface area contributed by atoms with Crippen molar-refractivity contribution in [2.75, 3.05) is 11.9 Å². The van der Waals surface area contributed by atoms with Crippen molar-refractivity contribution in [3.63, 3.8) is 0 Å². The maximum atomic E-state index is 12.1. The van der Waals surface area contributed by atoms with Gasteiger partial charge < -0.3 is 10.6 Å². The molecule has 4 nitrogen and oxygen atoms in total. The van der Waals surface area contributed by atoms with E-state index >= 15 is 0 Å². The van der Waals surface area contributed by atoms with Crippen molar-refractivity contribution in [3.05, 3.63) is 59.4 Å². The molecule has 2 N–H and O–H groups in total. The average molecular weight is 269 g/mol. The lowest BCUT2D eigenvalue weighted by Crippen LogP contribution is -2.14. The molecule has 0 fully saturated rings. The number of aryl methyl sites for hydroxylation is 1. The quantitative estimate of drug-likeness (QED) is 0.877. The second-order valence-electron chi connectivity index (χ2n) is 4.62. The van der Waals surface area contributed by atoms with Gasteiger partial charge in [0.2, 0.25) is 0 Å². The first-order chi connectivity index (χ1) is 9.69. The van der Waals surface area contributed by atoms with E-state index in [1.165, 1.54) is 0 Å². The third-order valence-corrected chi connectivity index (χ3v) is 2.94. The van der Waals surface area contributed by atoms with Gasteiger partial charge in [-0.2, -0.15) is 0 Å². The number of hydrogen-bond donors (Lipinski definition) is 2. The van der Waals surface area contributed by atoms with E-state index in [-0.39, 0.29) is 5.91 Å². The molecule has 20 heavy (non-hydrogen) atoms. The Morgan fingerprint density at radius 3 is 2.80 bits per heavy atom. The second kappa shape index (κ2) is 6.82. The lowest BCUT2D eigenvalue weighted by Gasteiger charge is -2.08. The van der Waals surface area contributed by atoms with Crippen LogP contribution in [-0.2, 0) is 6.54 Å². The van der Waals surface area contributed by atoms with Crippen molar-refractivity contribution in [3.8, 4) is 0 Å². The fourth-order valence-electron chi connectivity index (χ4n) is 1.83. The fraction of sp³-hybridized carbons (Fsp3) is 0.250. The number of pyridine rings is 1. The molecule has 0 bridgehead atoms. The molecule has 0 unspecified atom stereocenters. The number of nitrogens with zero attached hydrogens (tertiary/aromatic N) is 1. The SMILES string of the molecule is CCNCc1cccc(NC(=O)c2ccc(C)nc2)c1. The van der Waals surface area contributed by atoms with Crippen LogP contribution >= 0.6 is 0 Å². The summed E-state index contributed by atoms with van der Waals surface area (Å²) in [5.41, 5.74) is 3.40. The van der Waals surface area contributed by atoms with Gasteiger partial charge in [-0.05, 0) is 43.3 Å². The van der Waals surface area contributed by atoms with E-state index in [0.717, 1.165) is 30.0 Å². The van der Waals surface area contributed by atoms with Gasteiger partial charge in [0.25, 0.3) is 5.91 Å². The number of aromatic nitrogens is 1. The van der Waals surface area contributed by atoms with Gasteiger partial charge in [-0.25, -0.2) is 0 Å². The Hall–Kier alpha value is -2.20. The van der Waals surface area contributed by atoms with Crippen LogP contribution in [-0.4, -0.2) is 17.4 Å². The van der Waals surface area contributed by atoms with Crippen LogP contribution in [0.15, 0.2) is 42.6 Å². The first kappa shape index (κ1) is 14.2. The van der Waals surface area contributed by atoms with E-state index in [2.05, 4.69) is 22.5 Å². The third-order valence-electron chi connectivity index (χ3n) is 2.94. The molecule has 1 heterocycles. The summed E-state index contributed by atoms with van der Waals surface area (Å²) in [6, 6.07) is 11.4. The summed E-state index contributed by atoms with van der Waals surface area (Å²) in [5.74, 6) is -0.141. The summed E-state index contributed by atoms with van der Waals surface area (Å²) >= 11 is 0. The molecular weight excluding hydrogens is 250 g/mol. The van der Waals surface area contributed by atoms with E-state index < -0.39 is 0 Å². The minimum Gasteiger partial charge on any atom is -0.322 e. The highest BCUT2D eigenvalue weighted by Gasteiger charge is 2.06. The van der Waals surface area contributed by atoms with Crippen LogP contribution in [0, 0.1) is 6.92 Å². The monoisotopic (exact) mass is 269 g/mol. The van der Waals surface area contributed by atoms with Crippen LogP contribution in [0.25, 0.3) is 0 Å². The smallest absolute Gasteiger partial charge is 0.257 e. The van der Waals surface area contributed by atoms with Gasteiger partial charge in [-0.1, -0.05) is 19.1 Å². The fourth-order valence-corrected chi connectivity index (χ4v) is 1.83. The topological polar surface area (TPSA) is 54.0 Å². The summed E-state index contributed by atoms with van der Waals surface area (Å²) in [6.45, 7) is 5.68. The average Bonchev–Trinajstić information content (AvgIpc) is 2.46. The standard InChI is InChI=1S/C16H19N3O/c1-3-17-10-13-5-4-6-15(9-13)19-16(20)14-8-7-12(2)18-11-14/h4-9,11,17H,3,10H2,1-2H3,(H,19,20). The molecule has 0 radical (unpaired) electrons. The number of hydrogen-bond acceptors (Lipinski definition) is 3. The van der Waals surface area contributed by atoms with Crippen LogP contribution in [0.3, 0.4) is 0 Å². The number of nitrogens with one attached hydrogen (secondary N) is 2. The van der Waals surface area contributed by atoms with E-state index in [0.29, 0.717) is 5.56 Å². The van der Waals surface area contributed by atoms with Gasteiger partial charge in [0.1, 0.15) is 0 Å². The molecule has 2 rings (SSSR count). The molecule has 0 aliphatic heterocycles. The summed E-state index contributed by atoms with van der Waals surface area (Å²) in [7, 11) is 0. The van der Waals surface area contributed by atoms with Gasteiger partial charge in [0.15, 0.2) is 0 Å². The van der Waals surface area contributed by atoms with E-state index in [1.807, 2.05) is 37.3 Å². The predicted molar refractivity (Wildman–Crippen MR) is 80.7 cm³/mol. The van der Waals surface area contributed by atoms with Gasteiger partial charge in [0, 0.05) is 24.1 Å². The molecule has 0 spiro atoms. The van der Waals surface area contributed by atoms with Crippen molar-refractivity contribution in [2.45, 2.75) is 20.4 Å². The first-order valence-corrected chi connectivity index (χ1v) is 6.72. The number of anilines is 1. The molecule has 104 valence electrons. The van der Waals surface area contributed by atoms with Crippen molar-refractivity contribution in [1.29, 1.82) is 0 Å². The van der Waals surface area contributed by atoms with E-state index in [1.54, 1.807) is 12.3 Å². The lowest BCUT2D eigenvalue weighted by molar-refractivity contribution is 0.102. The van der Waals surface area contributed by atoms with Gasteiger partial charge in [-0.3, -0.25) is 9.78 Å². The number of benzene rings is 1. The lowest BCUT2D eigenvalue weighted by atomic mass is 10.2. The molecule has 0 aliphatic rings. The number of amides is 1. The first-order valence-electron chi connectivity index (χ1n) is 6.72. The van der Waals surface area contributed by atoms with Crippen LogP contribution in [0.4, 0.5) is 5.69 Å². The number of rotatable bonds is 5. The third kappa shape index (κ3) is 3.90. The largest absolute Gasteiger partial charge is 0.322 e. The minimum absolute atomic E-state index is 0.141. The highest BCUT2D eigenvalue weighted by molar-refractivity contribution is 6.04. The van der Waals surface area contributed by atoms with Crippen molar-refractivity contribution >= 4 is 11.6 Å². The Kier molecular flexibility index (Phi) is 4.85. The van der Waals surface area contributed by atoms with Crippen molar-refractivity contribution in [2.24, 2.45) is 0 Å². The minimum atomic E-state index is -0.141. The molecule has 0 atom stereocenters. The number of carbonyl (C=O) groups is 1. The molecule has 4 heteroatoms. The Bertz CT molecular complexity index is 579. The Balaban J connectivity index is 2.05. The highest BCUT2D eigenvalue weighted by Crippen LogP contribution is 2.12. The summed E-state index contributed by atoms with van der Waals surface area (Å²) in [4.78, 5) is 16.2. The maximum Gasteiger partial charge on any atom is 0.257 e. The second-order valence-corrected chi connectivity index (χ2v) is 4.62. The summed E-state index contributed by atoms with van der Waals surface area (Å²) in [5, 5.41) is 6.15. The molecule has 0 saturated carbocycles. The van der Waals surface area contributed by atoms with Crippen LogP contribution in [0.5, 0.6) is 0 Å². The summed E-state index contributed by atoms with van der Waals surface area (Å²) in [6.07, 6.45) is 1.59. The molecule has 0 saturated heterocycles. The predicted octanol–water partition coefficient (Wildman–Crippen LogP) is 2.75. The molecular formula is C16H19N3O. The van der Waals surface area contributed by atoms with Crippen molar-refractivity contribution in [1.82, 2.24) is 10.3 Å². The molecule has 1 aromatic carbocycles. The molecule has 1 aromatic heterocycles. The summed E-state index contributed by atoms with van der Waals surface area (Å²) < 4.78 is 0. The molecule has 2 aromatic rings. The maximum absolute atomic E-state index is 12.1. The zero-order chi connectivity index (χ0) is 14.4. The zero-order valence-corrected chi connectivity index (χ0v) is 11.8. The van der Waals surface area contributed by atoms with E-state index in [9.17, 15) is 4.79 Å². The van der Waals surface area contributed by atoms with Gasteiger partial charge in [-0.15, -0.1) is 0 Å². The van der Waals surface area contributed by atoms with Crippen molar-refractivity contribution < 1.29 is 4.79 Å². The Morgan fingerprint density at radius 2 is 2.10 bits per heavy atom. The van der Waals surface area contributed by atoms with Crippen LogP contribution in [0.2, 0.25) is 0 Å². The Morgan fingerprint density at radius 1 is 1.25 bits per heavy atom. The Labute approximate surface area is 119 Å².